The monoisotopic (exact) mass is 494 g/mol. The number of aryl methyl sites for hydroxylation is 1. The highest BCUT2D eigenvalue weighted by Gasteiger charge is 2.26. The summed E-state index contributed by atoms with van der Waals surface area (Å²) in [6.45, 7) is 7.06. The van der Waals surface area contributed by atoms with Crippen molar-refractivity contribution < 1.29 is 9.53 Å². The van der Waals surface area contributed by atoms with Crippen molar-refractivity contribution in [2.45, 2.75) is 25.7 Å². The van der Waals surface area contributed by atoms with Gasteiger partial charge in [0.05, 0.1) is 0 Å². The van der Waals surface area contributed by atoms with Crippen LogP contribution in [0.2, 0.25) is 0 Å². The van der Waals surface area contributed by atoms with E-state index >= 15 is 0 Å². The van der Waals surface area contributed by atoms with Gasteiger partial charge in [0.25, 0.3) is 0 Å². The normalized spacial score (nSPS) is 15.7. The summed E-state index contributed by atoms with van der Waals surface area (Å²) in [5.74, 6) is 2.33. The van der Waals surface area contributed by atoms with Crippen molar-refractivity contribution in [3.8, 4) is 11.5 Å². The molecule has 0 saturated carbocycles. The molecule has 4 aromatic heterocycles. The van der Waals surface area contributed by atoms with E-state index in [0.29, 0.717) is 18.1 Å². The molecule has 5 heterocycles. The van der Waals surface area contributed by atoms with Crippen molar-refractivity contribution in [3.05, 3.63) is 85.2 Å². The number of aromatic nitrogens is 6. The van der Waals surface area contributed by atoms with Gasteiger partial charge in [-0.05, 0) is 67.3 Å². The molecule has 1 amide bonds. The number of anilines is 2. The maximum Gasteiger partial charge on any atom is 0.245 e. The molecule has 10 heteroatoms. The topological polar surface area (TPSA) is 102 Å². The first-order chi connectivity index (χ1) is 18.1. The second-order valence-corrected chi connectivity index (χ2v) is 9.13. The minimum Gasteiger partial charge on any atom is -0.457 e. The molecular weight excluding hydrogens is 468 g/mol. The van der Waals surface area contributed by atoms with Gasteiger partial charge in [0.15, 0.2) is 11.5 Å². The van der Waals surface area contributed by atoms with Crippen molar-refractivity contribution in [2.24, 2.45) is 0 Å². The highest BCUT2D eigenvalue weighted by molar-refractivity contribution is 5.87. The van der Waals surface area contributed by atoms with Crippen LogP contribution in [0.15, 0.2) is 74.1 Å². The number of hydrogen-bond donors (Lipinski definition) is 1. The molecule has 5 aromatic rings. The molecule has 1 atom stereocenters. The van der Waals surface area contributed by atoms with Crippen molar-refractivity contribution in [1.29, 1.82) is 0 Å². The minimum absolute atomic E-state index is 0.0260. The lowest BCUT2D eigenvalue weighted by Gasteiger charge is -2.32. The van der Waals surface area contributed by atoms with Crippen LogP contribution in [-0.2, 0) is 4.79 Å². The minimum atomic E-state index is -0.0260. The number of nitrogens with one attached hydrogen (secondary N) is 1. The van der Waals surface area contributed by atoms with Gasteiger partial charge in [0.2, 0.25) is 5.91 Å². The Morgan fingerprint density at radius 2 is 1.95 bits per heavy atom. The number of benzene rings is 1. The number of amides is 1. The number of carbonyl (C=O) groups is 1. The molecule has 6 rings (SSSR count). The van der Waals surface area contributed by atoms with Crippen LogP contribution in [0.4, 0.5) is 11.5 Å². The van der Waals surface area contributed by atoms with Crippen LogP contribution in [0.1, 0.15) is 29.9 Å². The lowest BCUT2D eigenvalue weighted by Crippen LogP contribution is -2.38. The highest BCUT2D eigenvalue weighted by Crippen LogP contribution is 2.34. The first kappa shape index (κ1) is 22.7. The SMILES string of the molecule is C=CC(=O)N1CCCC(c2ccn3ncnc(Nc4ccc(Oc5ccn6ncnc6c5)c(C)c4)c23)C1. The maximum absolute atomic E-state index is 12.2. The third-order valence-corrected chi connectivity index (χ3v) is 6.75. The molecule has 0 bridgehead atoms. The Hall–Kier alpha value is -4.73. The van der Waals surface area contributed by atoms with Crippen LogP contribution in [0.25, 0.3) is 11.2 Å². The van der Waals surface area contributed by atoms with Crippen molar-refractivity contribution in [1.82, 2.24) is 34.1 Å². The van der Waals surface area contributed by atoms with Crippen molar-refractivity contribution >= 4 is 28.6 Å². The lowest BCUT2D eigenvalue weighted by atomic mass is 9.91. The van der Waals surface area contributed by atoms with Gasteiger partial charge in [-0.3, -0.25) is 4.79 Å². The number of nitrogens with zero attached hydrogens (tertiary/aromatic N) is 7. The van der Waals surface area contributed by atoms with Gasteiger partial charge < -0.3 is 15.0 Å². The third-order valence-electron chi connectivity index (χ3n) is 6.75. The van der Waals surface area contributed by atoms with Gasteiger partial charge in [-0.15, -0.1) is 0 Å². The van der Waals surface area contributed by atoms with Crippen LogP contribution in [-0.4, -0.2) is 53.1 Å². The summed E-state index contributed by atoms with van der Waals surface area (Å²) in [4.78, 5) is 22.9. The largest absolute Gasteiger partial charge is 0.457 e. The zero-order valence-corrected chi connectivity index (χ0v) is 20.4. The number of fused-ring (bicyclic) bond motifs is 2. The fourth-order valence-electron chi connectivity index (χ4n) is 4.93. The fraction of sp³-hybridized carbons (Fsp3) is 0.222. The molecule has 1 aliphatic rings. The average Bonchev–Trinajstić information content (AvgIpc) is 3.57. The summed E-state index contributed by atoms with van der Waals surface area (Å²) in [6.07, 6.45) is 10.1. The van der Waals surface area contributed by atoms with Crippen LogP contribution in [0.3, 0.4) is 0 Å². The fourth-order valence-corrected chi connectivity index (χ4v) is 4.93. The van der Waals surface area contributed by atoms with Crippen LogP contribution in [0, 0.1) is 6.92 Å². The summed E-state index contributed by atoms with van der Waals surface area (Å²) in [5.41, 5.74) is 4.62. The van der Waals surface area contributed by atoms with E-state index in [-0.39, 0.29) is 11.8 Å². The average molecular weight is 495 g/mol. The van der Waals surface area contributed by atoms with E-state index in [1.165, 1.54) is 12.4 Å². The number of likely N-dealkylation sites (tertiary alicyclic amines) is 1. The number of rotatable bonds is 6. The second-order valence-electron chi connectivity index (χ2n) is 9.13. The first-order valence-corrected chi connectivity index (χ1v) is 12.2. The van der Waals surface area contributed by atoms with E-state index in [1.807, 2.05) is 59.1 Å². The number of ether oxygens (including phenoxy) is 1. The van der Waals surface area contributed by atoms with Gasteiger partial charge in [-0.1, -0.05) is 6.58 Å². The van der Waals surface area contributed by atoms with Crippen LogP contribution >= 0.6 is 0 Å². The van der Waals surface area contributed by atoms with Gasteiger partial charge in [0.1, 0.15) is 29.7 Å². The van der Waals surface area contributed by atoms with Crippen molar-refractivity contribution in [2.75, 3.05) is 18.4 Å². The molecule has 1 N–H and O–H groups in total. The van der Waals surface area contributed by atoms with Gasteiger partial charge in [-0.2, -0.15) is 10.2 Å². The van der Waals surface area contributed by atoms with E-state index in [0.717, 1.165) is 53.1 Å². The van der Waals surface area contributed by atoms with Crippen LogP contribution < -0.4 is 10.1 Å². The summed E-state index contributed by atoms with van der Waals surface area (Å²) in [6, 6.07) is 11.7. The summed E-state index contributed by atoms with van der Waals surface area (Å²) < 4.78 is 9.63. The Morgan fingerprint density at radius 3 is 2.81 bits per heavy atom. The lowest BCUT2D eigenvalue weighted by molar-refractivity contribution is -0.127. The van der Waals surface area contributed by atoms with E-state index in [1.54, 1.807) is 10.8 Å². The maximum atomic E-state index is 12.2. The van der Waals surface area contributed by atoms with Gasteiger partial charge in [0, 0.05) is 43.2 Å². The Balaban J connectivity index is 1.25. The second kappa shape index (κ2) is 9.38. The highest BCUT2D eigenvalue weighted by atomic mass is 16.5. The Bertz CT molecular complexity index is 1620. The number of carbonyl (C=O) groups excluding carboxylic acids is 1. The van der Waals surface area contributed by atoms with E-state index in [9.17, 15) is 4.79 Å². The molecule has 1 fully saturated rings. The van der Waals surface area contributed by atoms with E-state index < -0.39 is 0 Å². The number of piperidine rings is 1. The Labute approximate surface area is 213 Å². The molecule has 1 unspecified atom stereocenters. The Kier molecular flexibility index (Phi) is 5.76. The Morgan fingerprint density at radius 1 is 1.11 bits per heavy atom. The van der Waals surface area contributed by atoms with Crippen LogP contribution in [0.5, 0.6) is 11.5 Å². The van der Waals surface area contributed by atoms with E-state index in [2.05, 4.69) is 38.1 Å². The van der Waals surface area contributed by atoms with Gasteiger partial charge >= 0.3 is 0 Å². The quantitative estimate of drug-likeness (QED) is 0.347. The number of pyridine rings is 1. The number of hydrogen-bond acceptors (Lipinski definition) is 7. The molecular formula is C27H26N8O2. The molecule has 1 aromatic carbocycles. The zero-order valence-electron chi connectivity index (χ0n) is 20.4. The molecule has 0 spiro atoms. The van der Waals surface area contributed by atoms with Gasteiger partial charge in [-0.25, -0.2) is 19.0 Å². The predicted molar refractivity (Wildman–Crippen MR) is 139 cm³/mol. The summed E-state index contributed by atoms with van der Waals surface area (Å²) >= 11 is 0. The zero-order chi connectivity index (χ0) is 25.4. The van der Waals surface area contributed by atoms with Crippen molar-refractivity contribution in [3.63, 3.8) is 0 Å². The molecule has 0 radical (unpaired) electrons. The molecule has 0 aliphatic carbocycles. The molecule has 10 nitrogen and oxygen atoms in total. The first-order valence-electron chi connectivity index (χ1n) is 12.2. The standard InChI is InChI=1S/C27H26N8O2/c1-3-25(36)33-10-4-5-19(15-33)22-9-12-35-26(22)27(29-17-31-35)32-20-6-7-23(18(2)13-20)37-21-8-11-34-24(14-21)28-16-30-34/h3,6-9,11-14,16-17,19H,1,4-5,10,15H2,2H3,(H,29,31,32). The van der Waals surface area contributed by atoms with E-state index in [4.69, 9.17) is 4.74 Å². The predicted octanol–water partition coefficient (Wildman–Crippen LogP) is 4.51. The summed E-state index contributed by atoms with van der Waals surface area (Å²) in [7, 11) is 0. The smallest absolute Gasteiger partial charge is 0.245 e. The molecule has 1 saturated heterocycles. The molecule has 37 heavy (non-hydrogen) atoms. The summed E-state index contributed by atoms with van der Waals surface area (Å²) in [5, 5.41) is 12.0. The third kappa shape index (κ3) is 4.37. The molecule has 186 valence electrons. The molecule has 1 aliphatic heterocycles.